The molecule has 1 aliphatic heterocycles. The van der Waals surface area contributed by atoms with Gasteiger partial charge in [0, 0.05) is 42.0 Å². The number of amides is 1. The van der Waals surface area contributed by atoms with E-state index in [1.165, 1.54) is 18.5 Å². The fourth-order valence-electron chi connectivity index (χ4n) is 3.35. The third kappa shape index (κ3) is 4.53. The van der Waals surface area contributed by atoms with Crippen LogP contribution < -0.4 is 15.5 Å². The van der Waals surface area contributed by atoms with Gasteiger partial charge < -0.3 is 15.5 Å². The van der Waals surface area contributed by atoms with Crippen LogP contribution in [-0.2, 0) is 0 Å². The van der Waals surface area contributed by atoms with Crippen molar-refractivity contribution in [2.75, 3.05) is 28.6 Å². The lowest BCUT2D eigenvalue weighted by Gasteiger charge is -2.18. The Hall–Kier alpha value is -3.85. The van der Waals surface area contributed by atoms with Gasteiger partial charge >= 0.3 is 0 Å². The number of hydrogen-bond donors (Lipinski definition) is 2. The first kappa shape index (κ1) is 18.5. The van der Waals surface area contributed by atoms with Crippen molar-refractivity contribution in [2.24, 2.45) is 0 Å². The van der Waals surface area contributed by atoms with E-state index in [0.717, 1.165) is 24.5 Å². The molecule has 6 heteroatoms. The Bertz CT molecular complexity index is 1030. The highest BCUT2D eigenvalue weighted by Crippen LogP contribution is 2.24. The third-order valence-corrected chi connectivity index (χ3v) is 4.89. The first-order chi connectivity index (χ1) is 14.2. The van der Waals surface area contributed by atoms with E-state index in [1.54, 1.807) is 36.5 Å². The van der Waals surface area contributed by atoms with Crippen molar-refractivity contribution < 1.29 is 4.79 Å². The van der Waals surface area contributed by atoms with E-state index in [2.05, 4.69) is 38.7 Å². The highest BCUT2D eigenvalue weighted by atomic mass is 16.1. The van der Waals surface area contributed by atoms with Gasteiger partial charge in [-0.25, -0.2) is 0 Å². The average molecular weight is 383 g/mol. The third-order valence-electron chi connectivity index (χ3n) is 4.89. The van der Waals surface area contributed by atoms with Crippen molar-refractivity contribution in [3.05, 3.63) is 78.1 Å². The Morgan fingerprint density at radius 2 is 1.62 bits per heavy atom. The van der Waals surface area contributed by atoms with Gasteiger partial charge in [-0.1, -0.05) is 0 Å². The fourth-order valence-corrected chi connectivity index (χ4v) is 3.35. The van der Waals surface area contributed by atoms with Crippen LogP contribution in [0.5, 0.6) is 0 Å². The van der Waals surface area contributed by atoms with E-state index < -0.39 is 0 Å². The summed E-state index contributed by atoms with van der Waals surface area (Å²) in [6.07, 6.45) is 4.11. The molecule has 2 heterocycles. The number of rotatable bonds is 5. The van der Waals surface area contributed by atoms with Crippen molar-refractivity contribution in [2.45, 2.75) is 12.8 Å². The highest BCUT2D eigenvalue weighted by molar-refractivity contribution is 6.03. The number of nitriles is 1. The molecule has 1 aromatic heterocycles. The van der Waals surface area contributed by atoms with Gasteiger partial charge in [-0.15, -0.1) is 0 Å². The lowest BCUT2D eigenvalue weighted by molar-refractivity contribution is 0.102. The molecule has 6 nitrogen and oxygen atoms in total. The molecule has 1 amide bonds. The van der Waals surface area contributed by atoms with Crippen LogP contribution in [0.1, 0.15) is 28.9 Å². The van der Waals surface area contributed by atoms with Gasteiger partial charge in [-0.05, 0) is 73.5 Å². The monoisotopic (exact) mass is 383 g/mol. The van der Waals surface area contributed by atoms with Gasteiger partial charge in [0.2, 0.25) is 0 Å². The first-order valence-electron chi connectivity index (χ1n) is 9.61. The zero-order chi connectivity index (χ0) is 20.1. The van der Waals surface area contributed by atoms with Crippen LogP contribution in [0.4, 0.5) is 22.7 Å². The molecule has 2 aromatic carbocycles. The number of anilines is 4. The predicted molar refractivity (Wildman–Crippen MR) is 115 cm³/mol. The maximum Gasteiger partial charge on any atom is 0.274 e. The van der Waals surface area contributed by atoms with Gasteiger partial charge in [0.25, 0.3) is 5.91 Å². The fraction of sp³-hybridized carbons (Fsp3) is 0.174. The predicted octanol–water partition coefficient (Wildman–Crippen LogP) is 4.55. The smallest absolute Gasteiger partial charge is 0.274 e. The summed E-state index contributed by atoms with van der Waals surface area (Å²) in [5, 5.41) is 15.0. The average Bonchev–Trinajstić information content (AvgIpc) is 3.30. The van der Waals surface area contributed by atoms with Crippen molar-refractivity contribution in [1.82, 2.24) is 4.98 Å². The SMILES string of the molecule is N#Cc1ccc(NC(=O)c2cc(Nc3ccc(N4CCCC4)cc3)ccn2)cc1. The molecule has 144 valence electrons. The van der Waals surface area contributed by atoms with Crippen molar-refractivity contribution in [1.29, 1.82) is 5.26 Å². The number of nitrogens with zero attached hydrogens (tertiary/aromatic N) is 3. The summed E-state index contributed by atoms with van der Waals surface area (Å²) >= 11 is 0. The highest BCUT2D eigenvalue weighted by Gasteiger charge is 2.12. The van der Waals surface area contributed by atoms with E-state index in [0.29, 0.717) is 16.9 Å². The van der Waals surface area contributed by atoms with Crippen LogP contribution in [0.2, 0.25) is 0 Å². The summed E-state index contributed by atoms with van der Waals surface area (Å²) in [6.45, 7) is 2.24. The van der Waals surface area contributed by atoms with Gasteiger partial charge in [-0.2, -0.15) is 5.26 Å². The number of nitrogens with one attached hydrogen (secondary N) is 2. The van der Waals surface area contributed by atoms with Gasteiger partial charge in [0.1, 0.15) is 5.69 Å². The van der Waals surface area contributed by atoms with E-state index in [-0.39, 0.29) is 5.91 Å². The Morgan fingerprint density at radius 3 is 2.31 bits per heavy atom. The standard InChI is InChI=1S/C23H21N5O/c24-16-17-3-5-19(6-4-17)27-23(29)22-15-20(11-12-25-22)26-18-7-9-21(10-8-18)28-13-1-2-14-28/h3-12,15H,1-2,13-14H2,(H,25,26)(H,27,29). The summed E-state index contributed by atoms with van der Waals surface area (Å²) in [5.41, 5.74) is 4.46. The van der Waals surface area contributed by atoms with Crippen molar-refractivity contribution in [3.8, 4) is 6.07 Å². The second-order valence-electron chi connectivity index (χ2n) is 6.94. The lowest BCUT2D eigenvalue weighted by atomic mass is 10.2. The number of carbonyl (C=O) groups excluding carboxylic acids is 1. The van der Waals surface area contributed by atoms with E-state index in [4.69, 9.17) is 5.26 Å². The van der Waals surface area contributed by atoms with Crippen LogP contribution in [0.25, 0.3) is 0 Å². The summed E-state index contributed by atoms with van der Waals surface area (Å²) < 4.78 is 0. The molecule has 0 saturated carbocycles. The van der Waals surface area contributed by atoms with Gasteiger partial charge in [0.15, 0.2) is 0 Å². The van der Waals surface area contributed by atoms with E-state index in [9.17, 15) is 4.79 Å². The summed E-state index contributed by atoms with van der Waals surface area (Å²) in [5.74, 6) is -0.303. The Morgan fingerprint density at radius 1 is 0.931 bits per heavy atom. The quantitative estimate of drug-likeness (QED) is 0.676. The van der Waals surface area contributed by atoms with Crippen LogP contribution in [0.15, 0.2) is 66.9 Å². The largest absolute Gasteiger partial charge is 0.372 e. The molecular formula is C23H21N5O. The maximum absolute atomic E-state index is 12.5. The molecule has 0 radical (unpaired) electrons. The number of carbonyl (C=O) groups is 1. The molecule has 29 heavy (non-hydrogen) atoms. The van der Waals surface area contributed by atoms with Gasteiger partial charge in [0.05, 0.1) is 11.6 Å². The Labute approximate surface area is 169 Å². The molecule has 4 rings (SSSR count). The molecule has 0 atom stereocenters. The molecule has 0 bridgehead atoms. The summed E-state index contributed by atoms with van der Waals surface area (Å²) in [4.78, 5) is 19.0. The van der Waals surface area contributed by atoms with Crippen LogP contribution in [-0.4, -0.2) is 24.0 Å². The molecule has 0 unspecified atom stereocenters. The maximum atomic E-state index is 12.5. The van der Waals surface area contributed by atoms with E-state index >= 15 is 0 Å². The minimum atomic E-state index is -0.303. The Balaban J connectivity index is 1.42. The molecule has 1 aliphatic rings. The zero-order valence-electron chi connectivity index (χ0n) is 15.9. The topological polar surface area (TPSA) is 81.0 Å². The van der Waals surface area contributed by atoms with Crippen LogP contribution in [0.3, 0.4) is 0 Å². The normalized spacial score (nSPS) is 13.0. The minimum absolute atomic E-state index is 0.303. The number of aromatic nitrogens is 1. The number of benzene rings is 2. The van der Waals surface area contributed by atoms with Gasteiger partial charge in [-0.3, -0.25) is 9.78 Å². The van der Waals surface area contributed by atoms with Crippen molar-refractivity contribution >= 4 is 28.7 Å². The molecule has 2 N–H and O–H groups in total. The second kappa shape index (κ2) is 8.44. The van der Waals surface area contributed by atoms with E-state index in [1.807, 2.05) is 18.2 Å². The molecular weight excluding hydrogens is 362 g/mol. The number of hydrogen-bond acceptors (Lipinski definition) is 5. The second-order valence-corrected chi connectivity index (χ2v) is 6.94. The summed E-state index contributed by atoms with van der Waals surface area (Å²) in [7, 11) is 0. The minimum Gasteiger partial charge on any atom is -0.372 e. The van der Waals surface area contributed by atoms with Crippen LogP contribution in [0, 0.1) is 11.3 Å². The summed E-state index contributed by atoms with van der Waals surface area (Å²) in [6, 6.07) is 20.6. The number of pyridine rings is 1. The molecule has 1 fully saturated rings. The zero-order valence-corrected chi connectivity index (χ0v) is 15.9. The van der Waals surface area contributed by atoms with Crippen LogP contribution >= 0.6 is 0 Å². The Kier molecular flexibility index (Phi) is 5.39. The lowest BCUT2D eigenvalue weighted by Crippen LogP contribution is -2.17. The molecule has 0 spiro atoms. The molecule has 1 saturated heterocycles. The first-order valence-corrected chi connectivity index (χ1v) is 9.61. The molecule has 3 aromatic rings. The molecule has 0 aliphatic carbocycles. The van der Waals surface area contributed by atoms with Crippen molar-refractivity contribution in [3.63, 3.8) is 0 Å².